The Balaban J connectivity index is 2.74. The van der Waals surface area contributed by atoms with E-state index in [1.54, 1.807) is 0 Å². The zero-order chi connectivity index (χ0) is 14.3. The van der Waals surface area contributed by atoms with E-state index in [4.69, 9.17) is 5.39 Å². The Morgan fingerprint density at radius 3 is 2.84 bits per heavy atom. The van der Waals surface area contributed by atoms with Crippen molar-refractivity contribution in [2.75, 3.05) is 13.1 Å². The summed E-state index contributed by atoms with van der Waals surface area (Å²) in [6, 6.07) is 4.17. The topological polar surface area (TPSA) is 101 Å². The van der Waals surface area contributed by atoms with Crippen molar-refractivity contribution >= 4 is 5.69 Å². The van der Waals surface area contributed by atoms with Crippen molar-refractivity contribution in [3.8, 4) is 5.75 Å². The van der Waals surface area contributed by atoms with Gasteiger partial charge in [0.05, 0.1) is 17.9 Å². The number of diazo groups is 1. The molecule has 1 unspecified atom stereocenters. The van der Waals surface area contributed by atoms with E-state index in [0.29, 0.717) is 12.1 Å². The van der Waals surface area contributed by atoms with Crippen LogP contribution in [0.25, 0.3) is 4.98 Å². The first kappa shape index (κ1) is 14.9. The molecule has 2 N–H and O–H groups in total. The maximum Gasteiger partial charge on any atom is 0.426 e. The average molecular weight is 265 g/mol. The van der Waals surface area contributed by atoms with Gasteiger partial charge in [0.15, 0.2) is 4.98 Å². The fraction of sp³-hybridized carbons (Fsp3) is 0.500. The molecule has 0 saturated carbocycles. The molecule has 1 rings (SSSR count). The van der Waals surface area contributed by atoms with E-state index in [1.807, 2.05) is 6.92 Å². The molecule has 1 aromatic carbocycles. The van der Waals surface area contributed by atoms with Gasteiger partial charge in [-0.2, -0.15) is 0 Å². The summed E-state index contributed by atoms with van der Waals surface area (Å²) in [6.45, 7) is 2.53. The van der Waals surface area contributed by atoms with Crippen LogP contribution >= 0.6 is 0 Å². The maximum absolute atomic E-state index is 10.6. The lowest BCUT2D eigenvalue weighted by Crippen LogP contribution is -2.24. The lowest BCUT2D eigenvalue weighted by Gasteiger charge is -2.18. The molecule has 0 bridgehead atoms. The van der Waals surface area contributed by atoms with Crippen molar-refractivity contribution in [2.45, 2.75) is 25.9 Å². The predicted molar refractivity (Wildman–Crippen MR) is 70.1 cm³/mol. The van der Waals surface area contributed by atoms with Gasteiger partial charge in [0.2, 0.25) is 11.1 Å². The zero-order valence-corrected chi connectivity index (χ0v) is 10.7. The Hall–Kier alpha value is -2.20. The lowest BCUT2D eigenvalue weighted by atomic mass is 10.1. The van der Waals surface area contributed by atoms with E-state index in [1.165, 1.54) is 23.2 Å². The summed E-state index contributed by atoms with van der Waals surface area (Å²) in [5.74, 6) is -0.185. The average Bonchev–Trinajstić information content (AvgIpc) is 2.43. The number of aliphatic hydroxyl groups is 1. The number of hydrogen-bond donors (Lipinski definition) is 2. The van der Waals surface area contributed by atoms with Crippen LogP contribution in [0.3, 0.4) is 0 Å². The van der Waals surface area contributed by atoms with Gasteiger partial charge in [-0.25, -0.2) is 0 Å². The molecule has 0 heterocycles. The molecule has 0 amide bonds. The van der Waals surface area contributed by atoms with Crippen LogP contribution in [0.5, 0.6) is 5.75 Å². The molecule has 0 spiro atoms. The third kappa shape index (κ3) is 4.19. The van der Waals surface area contributed by atoms with Gasteiger partial charge >= 0.3 is 5.69 Å². The third-order valence-electron chi connectivity index (χ3n) is 2.76. The van der Waals surface area contributed by atoms with Crippen molar-refractivity contribution in [2.24, 2.45) is 5.29 Å². The van der Waals surface area contributed by atoms with Gasteiger partial charge in [-0.1, -0.05) is 19.4 Å². The molecular weight excluding hydrogens is 248 g/mol. The number of nitrogens with zero attached hydrogens (tertiary/aromatic N) is 4. The Morgan fingerprint density at radius 2 is 2.26 bits per heavy atom. The fourth-order valence-electron chi connectivity index (χ4n) is 1.64. The number of phenols is 1. The predicted octanol–water partition coefficient (Wildman–Crippen LogP) is 2.69. The molecule has 0 aliphatic rings. The van der Waals surface area contributed by atoms with E-state index < -0.39 is 6.10 Å². The summed E-state index contributed by atoms with van der Waals surface area (Å²) in [5.41, 5.74) is 0.409. The van der Waals surface area contributed by atoms with Gasteiger partial charge in [0, 0.05) is 12.6 Å². The van der Waals surface area contributed by atoms with Gasteiger partial charge in [0.1, 0.15) is 0 Å². The van der Waals surface area contributed by atoms with E-state index >= 15 is 0 Å². The minimum atomic E-state index is -0.948. The molecule has 19 heavy (non-hydrogen) atoms. The molecule has 0 aliphatic carbocycles. The molecule has 0 aliphatic heterocycles. The van der Waals surface area contributed by atoms with Crippen LogP contribution in [0, 0.1) is 10.3 Å². The second kappa shape index (κ2) is 7.28. The van der Waals surface area contributed by atoms with E-state index in [0.717, 1.165) is 12.8 Å². The highest BCUT2D eigenvalue weighted by atomic mass is 16.3. The first-order valence-corrected chi connectivity index (χ1v) is 6.06. The number of benzene rings is 1. The standard InChI is InChI=1S/C12H16N4O3/c1-2-3-6-16(15-19)8-12(18)9-4-5-11(17)10(7-9)14-13/h4-5,7,12,18H,2-3,6,8H2,1H3/p+1. The maximum atomic E-state index is 10.6. The monoisotopic (exact) mass is 265 g/mol. The number of rotatable bonds is 7. The van der Waals surface area contributed by atoms with Crippen molar-refractivity contribution in [3.05, 3.63) is 33.6 Å². The summed E-state index contributed by atoms with van der Waals surface area (Å²) in [4.78, 5) is 13.5. The van der Waals surface area contributed by atoms with Crippen molar-refractivity contribution < 1.29 is 10.2 Å². The summed E-state index contributed by atoms with van der Waals surface area (Å²) in [7, 11) is 0. The summed E-state index contributed by atoms with van der Waals surface area (Å²) < 4.78 is 0. The van der Waals surface area contributed by atoms with E-state index in [9.17, 15) is 15.1 Å². The molecular formula is C12H17N4O3+. The Labute approximate surface area is 111 Å². The van der Waals surface area contributed by atoms with Gasteiger partial charge < -0.3 is 10.2 Å². The molecule has 1 aromatic rings. The highest BCUT2D eigenvalue weighted by Crippen LogP contribution is 2.29. The largest absolute Gasteiger partial charge is 0.501 e. The fourth-order valence-corrected chi connectivity index (χ4v) is 1.64. The van der Waals surface area contributed by atoms with E-state index in [2.05, 4.69) is 10.3 Å². The molecule has 0 fully saturated rings. The quantitative estimate of drug-likeness (QED) is 0.448. The second-order valence-corrected chi connectivity index (χ2v) is 4.21. The molecule has 102 valence electrons. The zero-order valence-electron chi connectivity index (χ0n) is 10.7. The van der Waals surface area contributed by atoms with Crippen LogP contribution in [0.4, 0.5) is 5.69 Å². The first-order valence-electron chi connectivity index (χ1n) is 6.06. The highest BCUT2D eigenvalue weighted by molar-refractivity contribution is 5.57. The molecule has 0 saturated heterocycles. The Bertz CT molecular complexity index is 473. The van der Waals surface area contributed by atoms with E-state index in [-0.39, 0.29) is 18.0 Å². The normalized spacial score (nSPS) is 11.6. The SMILES string of the molecule is CCCCN(CC(O)c1ccc(O)c([N+]#N)c1)N=O. The van der Waals surface area contributed by atoms with Crippen LogP contribution in [-0.2, 0) is 0 Å². The highest BCUT2D eigenvalue weighted by Gasteiger charge is 2.19. The molecule has 0 radical (unpaired) electrons. The van der Waals surface area contributed by atoms with Crippen LogP contribution in [-0.4, -0.2) is 28.3 Å². The summed E-state index contributed by atoms with van der Waals surface area (Å²) in [5, 5.41) is 32.1. The number of unbranched alkanes of at least 4 members (excludes halogenated alkanes) is 1. The van der Waals surface area contributed by atoms with Crippen LogP contribution in [0.15, 0.2) is 23.5 Å². The van der Waals surface area contributed by atoms with Gasteiger partial charge in [-0.15, -0.1) is 4.91 Å². The summed E-state index contributed by atoms with van der Waals surface area (Å²) >= 11 is 0. The van der Waals surface area contributed by atoms with Gasteiger partial charge in [-0.05, 0) is 18.1 Å². The van der Waals surface area contributed by atoms with Crippen LogP contribution in [0.2, 0.25) is 0 Å². The number of hydrogen-bond acceptors (Lipinski definition) is 5. The van der Waals surface area contributed by atoms with Crippen molar-refractivity contribution in [1.29, 1.82) is 5.39 Å². The number of nitroso groups, excluding NO2 is 1. The Morgan fingerprint density at radius 1 is 1.53 bits per heavy atom. The molecule has 7 nitrogen and oxygen atoms in total. The number of aliphatic hydroxyl groups excluding tert-OH is 1. The minimum absolute atomic E-state index is 0.0317. The molecule has 1 atom stereocenters. The lowest BCUT2D eigenvalue weighted by molar-refractivity contribution is 0.113. The Kier molecular flexibility index (Phi) is 5.70. The van der Waals surface area contributed by atoms with Crippen molar-refractivity contribution in [1.82, 2.24) is 5.01 Å². The van der Waals surface area contributed by atoms with Crippen LogP contribution in [0.1, 0.15) is 31.4 Å². The molecule has 0 aromatic heterocycles. The smallest absolute Gasteiger partial charge is 0.426 e. The number of phenolic OH excluding ortho intramolecular Hbond substituents is 1. The third-order valence-corrected chi connectivity index (χ3v) is 2.76. The second-order valence-electron chi connectivity index (χ2n) is 4.21. The molecule has 7 heteroatoms. The van der Waals surface area contributed by atoms with Crippen molar-refractivity contribution in [3.63, 3.8) is 0 Å². The minimum Gasteiger partial charge on any atom is -0.501 e. The van der Waals surface area contributed by atoms with Gasteiger partial charge in [0.25, 0.3) is 0 Å². The first-order chi connectivity index (χ1) is 9.12. The van der Waals surface area contributed by atoms with Crippen LogP contribution < -0.4 is 0 Å². The van der Waals surface area contributed by atoms with Gasteiger partial charge in [-0.3, -0.25) is 5.01 Å². The summed E-state index contributed by atoms with van der Waals surface area (Å²) in [6.07, 6.45) is 0.788. The number of aromatic hydroxyl groups is 1.